The summed E-state index contributed by atoms with van der Waals surface area (Å²) in [5.74, 6) is 1.21. The molecule has 1 aliphatic carbocycles. The van der Waals surface area contributed by atoms with Gasteiger partial charge < -0.3 is 10.1 Å². The highest BCUT2D eigenvalue weighted by Gasteiger charge is 2.25. The summed E-state index contributed by atoms with van der Waals surface area (Å²) in [4.78, 5) is 11.9. The second-order valence-electron chi connectivity index (χ2n) is 5.91. The topological polar surface area (TPSA) is 38.3 Å². The van der Waals surface area contributed by atoms with E-state index in [-0.39, 0.29) is 11.8 Å². The zero-order valence-electron chi connectivity index (χ0n) is 13.1. The maximum Gasteiger partial charge on any atom is 0.227 e. The van der Waals surface area contributed by atoms with Crippen molar-refractivity contribution >= 4 is 11.6 Å². The van der Waals surface area contributed by atoms with E-state index >= 15 is 0 Å². The summed E-state index contributed by atoms with van der Waals surface area (Å²) in [5.41, 5.74) is 0.843. The molecule has 1 N–H and O–H groups in total. The lowest BCUT2D eigenvalue weighted by molar-refractivity contribution is -0.122. The number of carbonyl (C=O) groups is 1. The van der Waals surface area contributed by atoms with Gasteiger partial charge in [-0.15, -0.1) is 0 Å². The molecular weight excluding hydrogens is 262 g/mol. The number of ether oxygens (including phenoxy) is 1. The average Bonchev–Trinajstić information content (AvgIpc) is 2.41. The van der Waals surface area contributed by atoms with Crippen molar-refractivity contribution in [1.29, 1.82) is 0 Å². The van der Waals surface area contributed by atoms with Crippen LogP contribution in [0.15, 0.2) is 24.3 Å². The monoisotopic (exact) mass is 289 g/mol. The van der Waals surface area contributed by atoms with Gasteiger partial charge in [0, 0.05) is 17.7 Å². The van der Waals surface area contributed by atoms with E-state index in [0.29, 0.717) is 0 Å². The number of benzene rings is 1. The third-order valence-corrected chi connectivity index (χ3v) is 4.09. The second kappa shape index (κ2) is 8.71. The van der Waals surface area contributed by atoms with Crippen molar-refractivity contribution in [3.63, 3.8) is 0 Å². The van der Waals surface area contributed by atoms with Gasteiger partial charge in [0.15, 0.2) is 0 Å². The number of rotatable bonds is 9. The van der Waals surface area contributed by atoms with Gasteiger partial charge >= 0.3 is 0 Å². The molecule has 2 rings (SSSR count). The van der Waals surface area contributed by atoms with E-state index in [1.165, 1.54) is 32.1 Å². The van der Waals surface area contributed by atoms with Crippen LogP contribution in [0.25, 0.3) is 0 Å². The Morgan fingerprint density at radius 2 is 2.05 bits per heavy atom. The van der Waals surface area contributed by atoms with Crippen LogP contribution in [-0.2, 0) is 4.79 Å². The predicted octanol–water partition coefficient (Wildman–Crippen LogP) is 4.77. The van der Waals surface area contributed by atoms with Crippen LogP contribution in [0, 0.1) is 5.92 Å². The second-order valence-corrected chi connectivity index (χ2v) is 5.91. The Kier molecular flexibility index (Phi) is 6.58. The molecule has 1 saturated carbocycles. The Morgan fingerprint density at radius 1 is 1.24 bits per heavy atom. The molecule has 1 aromatic rings. The van der Waals surface area contributed by atoms with Crippen LogP contribution in [0.2, 0.25) is 0 Å². The summed E-state index contributed by atoms with van der Waals surface area (Å²) in [5, 5.41) is 2.98. The van der Waals surface area contributed by atoms with Crippen LogP contribution >= 0.6 is 0 Å². The number of anilines is 1. The highest BCUT2D eigenvalue weighted by molar-refractivity contribution is 5.93. The molecule has 21 heavy (non-hydrogen) atoms. The van der Waals surface area contributed by atoms with Gasteiger partial charge in [0.2, 0.25) is 5.91 Å². The maximum absolute atomic E-state index is 11.9. The first-order valence-electron chi connectivity index (χ1n) is 8.33. The van der Waals surface area contributed by atoms with Gasteiger partial charge in [-0.3, -0.25) is 4.79 Å². The van der Waals surface area contributed by atoms with Gasteiger partial charge in [0.1, 0.15) is 5.75 Å². The molecule has 1 amide bonds. The number of carbonyl (C=O) groups excluding carboxylic acids is 1. The summed E-state index contributed by atoms with van der Waals surface area (Å²) >= 11 is 0. The fourth-order valence-corrected chi connectivity index (χ4v) is 2.47. The van der Waals surface area contributed by atoms with E-state index in [0.717, 1.165) is 37.3 Å². The van der Waals surface area contributed by atoms with Gasteiger partial charge in [-0.2, -0.15) is 0 Å². The van der Waals surface area contributed by atoms with Gasteiger partial charge in [-0.05, 0) is 31.4 Å². The van der Waals surface area contributed by atoms with E-state index in [9.17, 15) is 4.79 Å². The number of amides is 1. The van der Waals surface area contributed by atoms with Gasteiger partial charge in [0.05, 0.1) is 6.61 Å². The third-order valence-electron chi connectivity index (χ3n) is 4.09. The molecule has 0 aliphatic heterocycles. The lowest BCUT2D eigenvalue weighted by Gasteiger charge is -2.24. The Bertz CT molecular complexity index is 441. The number of hydrogen-bond donors (Lipinski definition) is 1. The Labute approximate surface area is 128 Å². The molecule has 3 heteroatoms. The molecule has 3 nitrogen and oxygen atoms in total. The van der Waals surface area contributed by atoms with Gasteiger partial charge in [0.25, 0.3) is 0 Å². The molecule has 0 heterocycles. The molecule has 0 bridgehead atoms. The van der Waals surface area contributed by atoms with Crippen LogP contribution in [0.5, 0.6) is 5.75 Å². The van der Waals surface area contributed by atoms with Crippen molar-refractivity contribution in [2.75, 3.05) is 11.9 Å². The highest BCUT2D eigenvalue weighted by Crippen LogP contribution is 2.28. The van der Waals surface area contributed by atoms with Crippen LogP contribution in [0.4, 0.5) is 5.69 Å². The zero-order chi connectivity index (χ0) is 14.9. The van der Waals surface area contributed by atoms with E-state index in [2.05, 4.69) is 12.2 Å². The normalized spacial score (nSPS) is 14.5. The summed E-state index contributed by atoms with van der Waals surface area (Å²) < 4.78 is 5.76. The fraction of sp³-hybridized carbons (Fsp3) is 0.611. The minimum atomic E-state index is 0.151. The molecule has 116 valence electrons. The molecule has 1 aromatic carbocycles. The van der Waals surface area contributed by atoms with Crippen molar-refractivity contribution in [2.45, 2.75) is 58.3 Å². The smallest absolute Gasteiger partial charge is 0.227 e. The number of nitrogens with one attached hydrogen (secondary N) is 1. The van der Waals surface area contributed by atoms with Crippen molar-refractivity contribution in [1.82, 2.24) is 0 Å². The van der Waals surface area contributed by atoms with E-state index in [1.807, 2.05) is 24.3 Å². The first kappa shape index (κ1) is 15.9. The standard InChI is InChI=1S/C18H27NO2/c1-2-3-4-5-6-13-21-17-12-8-11-16(14-17)19-18(20)15-9-7-10-15/h8,11-12,14-15H,2-7,9-10,13H2,1H3,(H,19,20). The first-order chi connectivity index (χ1) is 10.3. The van der Waals surface area contributed by atoms with Gasteiger partial charge in [-0.1, -0.05) is 45.1 Å². The summed E-state index contributed by atoms with van der Waals surface area (Å²) in [6.45, 7) is 2.98. The number of hydrogen-bond acceptors (Lipinski definition) is 2. The Balaban J connectivity index is 1.71. The Morgan fingerprint density at radius 3 is 2.76 bits per heavy atom. The maximum atomic E-state index is 11.9. The average molecular weight is 289 g/mol. The fourth-order valence-electron chi connectivity index (χ4n) is 2.47. The molecule has 0 radical (unpaired) electrons. The van der Waals surface area contributed by atoms with Crippen molar-refractivity contribution < 1.29 is 9.53 Å². The van der Waals surface area contributed by atoms with E-state index < -0.39 is 0 Å². The minimum absolute atomic E-state index is 0.151. The Hall–Kier alpha value is -1.51. The van der Waals surface area contributed by atoms with Crippen LogP contribution in [-0.4, -0.2) is 12.5 Å². The molecule has 0 unspecified atom stereocenters. The molecule has 1 fully saturated rings. The largest absolute Gasteiger partial charge is 0.494 e. The van der Waals surface area contributed by atoms with E-state index in [1.54, 1.807) is 0 Å². The van der Waals surface area contributed by atoms with Gasteiger partial charge in [-0.25, -0.2) is 0 Å². The van der Waals surface area contributed by atoms with Crippen LogP contribution in [0.3, 0.4) is 0 Å². The molecule has 0 spiro atoms. The molecular formula is C18H27NO2. The first-order valence-corrected chi connectivity index (χ1v) is 8.33. The minimum Gasteiger partial charge on any atom is -0.494 e. The third kappa shape index (κ3) is 5.41. The van der Waals surface area contributed by atoms with Crippen molar-refractivity contribution in [3.8, 4) is 5.75 Å². The molecule has 0 aromatic heterocycles. The summed E-state index contributed by atoms with van der Waals surface area (Å²) in [6.07, 6.45) is 9.42. The predicted molar refractivity (Wildman–Crippen MR) is 86.7 cm³/mol. The molecule has 0 saturated heterocycles. The van der Waals surface area contributed by atoms with Crippen LogP contribution in [0.1, 0.15) is 58.3 Å². The SMILES string of the molecule is CCCCCCCOc1cccc(NC(=O)C2CCC2)c1. The van der Waals surface area contributed by atoms with Crippen molar-refractivity contribution in [3.05, 3.63) is 24.3 Å². The van der Waals surface area contributed by atoms with Crippen molar-refractivity contribution in [2.24, 2.45) is 5.92 Å². The molecule has 1 aliphatic rings. The lowest BCUT2D eigenvalue weighted by atomic mass is 9.85. The lowest BCUT2D eigenvalue weighted by Crippen LogP contribution is -2.27. The number of unbranched alkanes of at least 4 members (excludes halogenated alkanes) is 4. The quantitative estimate of drug-likeness (QED) is 0.665. The molecule has 0 atom stereocenters. The highest BCUT2D eigenvalue weighted by atomic mass is 16.5. The summed E-state index contributed by atoms with van der Waals surface area (Å²) in [6, 6.07) is 7.72. The zero-order valence-corrected chi connectivity index (χ0v) is 13.1. The summed E-state index contributed by atoms with van der Waals surface area (Å²) in [7, 11) is 0. The van der Waals surface area contributed by atoms with E-state index in [4.69, 9.17) is 4.74 Å². The van der Waals surface area contributed by atoms with Crippen LogP contribution < -0.4 is 10.1 Å².